The largest absolute Gasteiger partial charge is 0.462 e. The van der Waals surface area contributed by atoms with Crippen LogP contribution in [0, 0.1) is 5.92 Å². The van der Waals surface area contributed by atoms with Crippen LogP contribution < -0.4 is 0 Å². The third-order valence-electron chi connectivity index (χ3n) is 6.38. The highest BCUT2D eigenvalue weighted by molar-refractivity contribution is 5.66. The Labute approximate surface area is 195 Å². The average Bonchev–Trinajstić information content (AvgIpc) is 2.81. The summed E-state index contributed by atoms with van der Waals surface area (Å²) in [5.74, 6) is -0.0324. The van der Waals surface area contributed by atoms with E-state index in [0.717, 1.165) is 37.7 Å². The molecule has 0 aromatic heterocycles. The summed E-state index contributed by atoms with van der Waals surface area (Å²) in [4.78, 5) is 25.1. The summed E-state index contributed by atoms with van der Waals surface area (Å²) in [6, 6.07) is 0.493. The van der Waals surface area contributed by atoms with E-state index in [-0.39, 0.29) is 24.6 Å². The minimum absolute atomic E-state index is 0.248. The van der Waals surface area contributed by atoms with Gasteiger partial charge >= 0.3 is 11.9 Å². The molecule has 0 aromatic carbocycles. The molecule has 0 amide bonds. The molecule has 0 saturated carbocycles. The molecule has 6 nitrogen and oxygen atoms in total. The summed E-state index contributed by atoms with van der Waals surface area (Å²) in [5, 5.41) is 0. The lowest BCUT2D eigenvalue weighted by Crippen LogP contribution is -2.44. The predicted molar refractivity (Wildman–Crippen MR) is 128 cm³/mol. The molecular formula is C26H45NO5. The van der Waals surface area contributed by atoms with Gasteiger partial charge in [-0.1, -0.05) is 25.0 Å². The number of rotatable bonds is 11. The van der Waals surface area contributed by atoms with Crippen LogP contribution in [0.3, 0.4) is 0 Å². The van der Waals surface area contributed by atoms with Crippen molar-refractivity contribution in [1.82, 2.24) is 4.90 Å². The lowest BCUT2D eigenvalue weighted by Gasteiger charge is -2.36. The second-order valence-electron chi connectivity index (χ2n) is 9.82. The van der Waals surface area contributed by atoms with Gasteiger partial charge in [0.05, 0.1) is 6.61 Å². The molecule has 4 atom stereocenters. The Morgan fingerprint density at radius 2 is 1.91 bits per heavy atom. The quantitative estimate of drug-likeness (QED) is 0.323. The number of carbonyl (C=O) groups excluding carboxylic acids is 2. The summed E-state index contributed by atoms with van der Waals surface area (Å²) < 4.78 is 17.1. The molecular weight excluding hydrogens is 406 g/mol. The Hall–Kier alpha value is -1.66. The summed E-state index contributed by atoms with van der Waals surface area (Å²) in [6.07, 6.45) is 9.37. The molecule has 4 unspecified atom stereocenters. The van der Waals surface area contributed by atoms with Crippen LogP contribution in [0.4, 0.5) is 0 Å². The number of allylic oxidation sites excluding steroid dienone is 1. The minimum Gasteiger partial charge on any atom is -0.462 e. The van der Waals surface area contributed by atoms with Crippen molar-refractivity contribution in [2.75, 3.05) is 27.3 Å². The van der Waals surface area contributed by atoms with Crippen molar-refractivity contribution in [3.05, 3.63) is 23.3 Å². The van der Waals surface area contributed by atoms with Gasteiger partial charge in [-0.15, -0.1) is 0 Å². The van der Waals surface area contributed by atoms with Crippen LogP contribution in [0.25, 0.3) is 0 Å². The monoisotopic (exact) mass is 451 g/mol. The standard InChI is InChI=1S/C26H45NO5/c1-19(2)11-13-24(27(7)8)20(3)10-9-16-26(6)25(32-22(5)29)14-12-23(18-31-26)15-17-30-21(4)28/h11,15,20,24-25H,9-10,12-14,16-18H2,1-8H3. The highest BCUT2D eigenvalue weighted by Gasteiger charge is 2.39. The van der Waals surface area contributed by atoms with Gasteiger partial charge in [0, 0.05) is 19.9 Å². The molecule has 184 valence electrons. The predicted octanol–water partition coefficient (Wildman–Crippen LogP) is 5.07. The van der Waals surface area contributed by atoms with Crippen molar-refractivity contribution in [3.63, 3.8) is 0 Å². The first-order valence-corrected chi connectivity index (χ1v) is 11.9. The van der Waals surface area contributed by atoms with Crippen molar-refractivity contribution < 1.29 is 23.8 Å². The Kier molecular flexibility index (Phi) is 12.2. The van der Waals surface area contributed by atoms with Crippen molar-refractivity contribution in [2.24, 2.45) is 5.92 Å². The molecule has 1 aliphatic rings. The highest BCUT2D eigenvalue weighted by atomic mass is 16.6. The molecule has 1 rings (SSSR count). The van der Waals surface area contributed by atoms with Gasteiger partial charge in [0.1, 0.15) is 18.3 Å². The lowest BCUT2D eigenvalue weighted by atomic mass is 9.86. The zero-order valence-corrected chi connectivity index (χ0v) is 21.5. The van der Waals surface area contributed by atoms with E-state index in [9.17, 15) is 9.59 Å². The smallest absolute Gasteiger partial charge is 0.303 e. The second kappa shape index (κ2) is 13.8. The SMILES string of the molecule is CC(=O)OCC=C1CCC(OC(C)=O)C(C)(CCCC(C)C(CC=C(C)C)N(C)C)OC1. The van der Waals surface area contributed by atoms with E-state index < -0.39 is 5.60 Å². The van der Waals surface area contributed by atoms with E-state index in [1.165, 1.54) is 19.4 Å². The Morgan fingerprint density at radius 3 is 2.47 bits per heavy atom. The fraction of sp³-hybridized carbons (Fsp3) is 0.769. The van der Waals surface area contributed by atoms with Gasteiger partial charge in [-0.2, -0.15) is 0 Å². The average molecular weight is 452 g/mol. The number of ether oxygens (including phenoxy) is 3. The molecule has 6 heteroatoms. The number of hydrogen-bond donors (Lipinski definition) is 0. The van der Waals surface area contributed by atoms with Gasteiger partial charge in [0.2, 0.25) is 0 Å². The van der Waals surface area contributed by atoms with Gasteiger partial charge in [-0.25, -0.2) is 0 Å². The lowest BCUT2D eigenvalue weighted by molar-refractivity contribution is -0.167. The Morgan fingerprint density at radius 1 is 1.22 bits per heavy atom. The normalized spacial score (nSPS) is 24.5. The highest BCUT2D eigenvalue weighted by Crippen LogP contribution is 2.34. The second-order valence-corrected chi connectivity index (χ2v) is 9.82. The molecule has 1 heterocycles. The zero-order valence-electron chi connectivity index (χ0n) is 21.5. The van der Waals surface area contributed by atoms with E-state index in [2.05, 4.69) is 52.8 Å². The first-order chi connectivity index (χ1) is 14.9. The molecule has 32 heavy (non-hydrogen) atoms. The molecule has 1 fully saturated rings. The molecule has 0 bridgehead atoms. The summed E-state index contributed by atoms with van der Waals surface area (Å²) in [7, 11) is 4.30. The first kappa shape index (κ1) is 28.4. The molecule has 0 spiro atoms. The third-order valence-corrected chi connectivity index (χ3v) is 6.38. The fourth-order valence-corrected chi connectivity index (χ4v) is 4.38. The minimum atomic E-state index is -0.532. The van der Waals surface area contributed by atoms with E-state index in [4.69, 9.17) is 14.2 Å². The van der Waals surface area contributed by atoms with E-state index in [0.29, 0.717) is 25.0 Å². The van der Waals surface area contributed by atoms with Gasteiger partial charge in [-0.05, 0) is 84.5 Å². The molecule has 0 N–H and O–H groups in total. The molecule has 0 radical (unpaired) electrons. The van der Waals surface area contributed by atoms with Crippen molar-refractivity contribution in [2.45, 2.75) is 97.8 Å². The van der Waals surface area contributed by atoms with Gasteiger partial charge in [0.25, 0.3) is 0 Å². The van der Waals surface area contributed by atoms with E-state index in [1.807, 2.05) is 6.08 Å². The Balaban J connectivity index is 2.79. The topological polar surface area (TPSA) is 65.1 Å². The summed E-state index contributed by atoms with van der Waals surface area (Å²) >= 11 is 0. The maximum atomic E-state index is 11.8. The first-order valence-electron chi connectivity index (χ1n) is 11.9. The van der Waals surface area contributed by atoms with Crippen LogP contribution in [0.5, 0.6) is 0 Å². The van der Waals surface area contributed by atoms with Crippen LogP contribution in [-0.4, -0.2) is 61.9 Å². The fourth-order valence-electron chi connectivity index (χ4n) is 4.38. The van der Waals surface area contributed by atoms with Gasteiger partial charge in [0.15, 0.2) is 0 Å². The van der Waals surface area contributed by atoms with Gasteiger partial charge in [-0.3, -0.25) is 9.59 Å². The van der Waals surface area contributed by atoms with Crippen molar-refractivity contribution in [1.29, 1.82) is 0 Å². The van der Waals surface area contributed by atoms with E-state index in [1.54, 1.807) is 0 Å². The molecule has 1 saturated heterocycles. The van der Waals surface area contributed by atoms with E-state index >= 15 is 0 Å². The van der Waals surface area contributed by atoms with Gasteiger partial charge < -0.3 is 19.1 Å². The van der Waals surface area contributed by atoms with Crippen LogP contribution in [-0.2, 0) is 23.8 Å². The van der Waals surface area contributed by atoms with Crippen LogP contribution in [0.15, 0.2) is 23.3 Å². The number of carbonyl (C=O) groups is 2. The summed E-state index contributed by atoms with van der Waals surface area (Å²) in [6.45, 7) is 12.2. The van der Waals surface area contributed by atoms with Crippen LogP contribution in [0.1, 0.15) is 80.1 Å². The number of nitrogens with zero attached hydrogens (tertiary/aromatic N) is 1. The van der Waals surface area contributed by atoms with Crippen LogP contribution in [0.2, 0.25) is 0 Å². The maximum absolute atomic E-state index is 11.8. The summed E-state index contributed by atoms with van der Waals surface area (Å²) in [5.41, 5.74) is 1.90. The van der Waals surface area contributed by atoms with Crippen molar-refractivity contribution in [3.8, 4) is 0 Å². The number of esters is 2. The zero-order chi connectivity index (χ0) is 24.3. The molecule has 0 aliphatic carbocycles. The number of hydrogen-bond acceptors (Lipinski definition) is 6. The molecule has 0 aromatic rings. The van der Waals surface area contributed by atoms with Crippen LogP contribution >= 0.6 is 0 Å². The Bertz CT molecular complexity index is 665. The maximum Gasteiger partial charge on any atom is 0.303 e. The third kappa shape index (κ3) is 10.3. The molecule has 1 aliphatic heterocycles. The van der Waals surface area contributed by atoms with Crippen molar-refractivity contribution >= 4 is 11.9 Å².